The van der Waals surface area contributed by atoms with Gasteiger partial charge in [-0.15, -0.1) is 36.2 Å². The molecule has 2 aliphatic rings. The van der Waals surface area contributed by atoms with E-state index in [0.717, 1.165) is 99.0 Å². The van der Waals surface area contributed by atoms with Gasteiger partial charge in [-0.1, -0.05) is 18.2 Å². The highest BCUT2D eigenvalue weighted by Gasteiger charge is 2.28. The Morgan fingerprint density at radius 3 is 2.02 bits per heavy atom. The Morgan fingerprint density at radius 1 is 0.909 bits per heavy atom. The highest BCUT2D eigenvalue weighted by atomic mass is 35.5. The molecule has 15 heteroatoms. The van der Waals surface area contributed by atoms with Crippen LogP contribution in [0.4, 0.5) is 0 Å². The van der Waals surface area contributed by atoms with Gasteiger partial charge in [-0.3, -0.25) is 14.4 Å². The molecule has 2 aliphatic heterocycles. The number of sulfonamides is 1. The molecule has 1 atom stereocenters. The van der Waals surface area contributed by atoms with E-state index in [-0.39, 0.29) is 47.4 Å². The quantitative estimate of drug-likeness (QED) is 0.166. The van der Waals surface area contributed by atoms with E-state index in [2.05, 4.69) is 26.0 Å². The number of hydrogen-bond acceptors (Lipinski definition) is 8. The zero-order valence-corrected chi connectivity index (χ0v) is 28.0. The first-order valence-corrected chi connectivity index (χ1v) is 17.2. The lowest BCUT2D eigenvalue weighted by molar-refractivity contribution is -0.139. The fraction of sp³-hybridized carbons (Fsp3) is 0.621. The van der Waals surface area contributed by atoms with E-state index in [1.807, 2.05) is 0 Å². The van der Waals surface area contributed by atoms with Crippen LogP contribution in [-0.4, -0.2) is 76.6 Å². The first-order valence-electron chi connectivity index (χ1n) is 14.9. The van der Waals surface area contributed by atoms with E-state index in [4.69, 9.17) is 0 Å². The summed E-state index contributed by atoms with van der Waals surface area (Å²) in [5.41, 5.74) is 0. The molecule has 0 saturated carbocycles. The minimum Gasteiger partial charge on any atom is -0.480 e. The summed E-state index contributed by atoms with van der Waals surface area (Å²) in [5.74, 6) is -1.12. The van der Waals surface area contributed by atoms with Crippen LogP contribution in [0.15, 0.2) is 34.5 Å². The van der Waals surface area contributed by atoms with Gasteiger partial charge in [-0.05, 0) is 107 Å². The van der Waals surface area contributed by atoms with Crippen LogP contribution in [0.2, 0.25) is 0 Å². The van der Waals surface area contributed by atoms with Gasteiger partial charge in [-0.25, -0.2) is 8.42 Å². The number of carboxylic acid groups (broad SMARTS) is 1. The van der Waals surface area contributed by atoms with Crippen LogP contribution in [-0.2, 0) is 24.4 Å². The van der Waals surface area contributed by atoms with Gasteiger partial charge in [0.2, 0.25) is 11.8 Å². The molecule has 3 heterocycles. The molecule has 2 amide bonds. The topological polar surface area (TPSA) is 166 Å². The number of thiophene rings is 1. The van der Waals surface area contributed by atoms with Crippen molar-refractivity contribution in [3.63, 3.8) is 0 Å². The lowest BCUT2D eigenvalue weighted by Crippen LogP contribution is -2.50. The molecule has 248 valence electrons. The Balaban J connectivity index is 0.00000337. The third-order valence-electron chi connectivity index (χ3n) is 8.32. The lowest BCUT2D eigenvalue weighted by Gasteiger charge is -2.27. The van der Waals surface area contributed by atoms with E-state index in [0.29, 0.717) is 11.8 Å². The van der Waals surface area contributed by atoms with E-state index in [1.165, 1.54) is 6.07 Å². The van der Waals surface area contributed by atoms with E-state index < -0.39 is 34.5 Å². The average molecular weight is 695 g/mol. The lowest BCUT2D eigenvalue weighted by atomic mass is 9.84. The highest BCUT2D eigenvalue weighted by Crippen LogP contribution is 2.29. The molecule has 0 spiro atoms. The number of rotatable bonds is 15. The molecule has 0 radical (unpaired) electrons. The van der Waals surface area contributed by atoms with Crippen molar-refractivity contribution in [1.29, 1.82) is 0 Å². The van der Waals surface area contributed by atoms with Crippen molar-refractivity contribution < 1.29 is 27.9 Å². The zero-order chi connectivity index (χ0) is 30.0. The maximum absolute atomic E-state index is 13.2. The second kappa shape index (κ2) is 18.8. The zero-order valence-electron chi connectivity index (χ0n) is 24.7. The maximum atomic E-state index is 13.2. The molecule has 1 aromatic heterocycles. The predicted octanol–water partition coefficient (Wildman–Crippen LogP) is 2.88. The van der Waals surface area contributed by atoms with Crippen LogP contribution >= 0.6 is 36.2 Å². The molecular formula is C29H45Cl2N5O6S2. The van der Waals surface area contributed by atoms with Crippen LogP contribution in [0.5, 0.6) is 0 Å². The highest BCUT2D eigenvalue weighted by molar-refractivity contribution is 7.91. The van der Waals surface area contributed by atoms with Crippen LogP contribution in [0.25, 0.3) is 10.1 Å². The van der Waals surface area contributed by atoms with Crippen molar-refractivity contribution in [2.45, 2.75) is 61.6 Å². The number of carboxylic acids is 1. The van der Waals surface area contributed by atoms with Crippen LogP contribution in [0.3, 0.4) is 0 Å². The molecule has 1 unspecified atom stereocenters. The van der Waals surface area contributed by atoms with Gasteiger partial charge < -0.3 is 26.4 Å². The fourth-order valence-corrected chi connectivity index (χ4v) is 8.33. The maximum Gasteiger partial charge on any atom is 0.323 e. The molecule has 6 N–H and O–H groups in total. The third kappa shape index (κ3) is 11.7. The normalized spacial score (nSPS) is 16.9. The SMILES string of the molecule is Cl.Cl.O=C(CNC(=O)C(CCC1CCNCC1)CCC1CCNCC1)NCC(NS(=O)(=O)c1cc2ccccc2s1)C(=O)O. The summed E-state index contributed by atoms with van der Waals surface area (Å²) < 4.78 is 28.7. The number of piperidine rings is 2. The summed E-state index contributed by atoms with van der Waals surface area (Å²) in [6.45, 7) is 3.28. The van der Waals surface area contributed by atoms with Gasteiger partial charge in [0.15, 0.2) is 0 Å². The average Bonchev–Trinajstić information content (AvgIpc) is 3.45. The molecule has 2 aromatic rings. The number of amides is 2. The van der Waals surface area contributed by atoms with Crippen LogP contribution in [0.1, 0.15) is 51.4 Å². The Bertz CT molecular complexity index is 1260. The molecule has 0 bridgehead atoms. The van der Waals surface area contributed by atoms with Crippen LogP contribution in [0, 0.1) is 17.8 Å². The summed E-state index contributed by atoms with van der Waals surface area (Å²) in [7, 11) is -4.12. The van der Waals surface area contributed by atoms with Gasteiger partial charge in [0.25, 0.3) is 10.0 Å². The van der Waals surface area contributed by atoms with Crippen molar-refractivity contribution in [3.8, 4) is 0 Å². The van der Waals surface area contributed by atoms with Gasteiger partial charge in [0.1, 0.15) is 10.3 Å². The molecule has 11 nitrogen and oxygen atoms in total. The number of nitrogens with one attached hydrogen (secondary N) is 5. The van der Waals surface area contributed by atoms with E-state index >= 15 is 0 Å². The molecule has 2 saturated heterocycles. The minimum atomic E-state index is -4.12. The van der Waals surface area contributed by atoms with Gasteiger partial charge in [0.05, 0.1) is 6.54 Å². The van der Waals surface area contributed by atoms with Crippen molar-refractivity contribution in [3.05, 3.63) is 30.3 Å². The largest absolute Gasteiger partial charge is 0.480 e. The summed E-state index contributed by atoms with van der Waals surface area (Å²) in [6.07, 6.45) is 7.99. The molecule has 0 aliphatic carbocycles. The van der Waals surface area contributed by atoms with E-state index in [1.54, 1.807) is 24.3 Å². The second-order valence-corrected chi connectivity index (χ2v) is 14.4. The molecule has 2 fully saturated rings. The summed E-state index contributed by atoms with van der Waals surface area (Å²) in [4.78, 5) is 37.5. The first kappa shape index (κ1) is 38.2. The van der Waals surface area contributed by atoms with Crippen molar-refractivity contribution in [1.82, 2.24) is 26.0 Å². The minimum absolute atomic E-state index is 0. The number of fused-ring (bicyclic) bond motifs is 1. The summed E-state index contributed by atoms with van der Waals surface area (Å²) >= 11 is 1.04. The van der Waals surface area contributed by atoms with Crippen molar-refractivity contribution >= 4 is 74.0 Å². The van der Waals surface area contributed by atoms with Gasteiger partial charge >= 0.3 is 5.97 Å². The predicted molar refractivity (Wildman–Crippen MR) is 177 cm³/mol. The first-order chi connectivity index (χ1) is 20.2. The monoisotopic (exact) mass is 693 g/mol. The number of benzene rings is 1. The number of carbonyl (C=O) groups excluding carboxylic acids is 2. The molecule has 44 heavy (non-hydrogen) atoms. The molecule has 4 rings (SSSR count). The second-order valence-electron chi connectivity index (χ2n) is 11.4. The fourth-order valence-electron chi connectivity index (χ4n) is 5.73. The number of carbonyl (C=O) groups is 3. The number of halogens is 2. The van der Waals surface area contributed by atoms with Crippen LogP contribution < -0.4 is 26.0 Å². The van der Waals surface area contributed by atoms with Crippen molar-refractivity contribution in [2.75, 3.05) is 39.3 Å². The Morgan fingerprint density at radius 2 is 1.48 bits per heavy atom. The summed E-state index contributed by atoms with van der Waals surface area (Å²) in [5, 5.41) is 22.3. The number of hydrogen-bond donors (Lipinski definition) is 6. The number of aliphatic carboxylic acids is 1. The standard InChI is InChI=1S/C29H43N5O6S2.2ClH/c35-26(32-18-24(29(37)38)34-42(39,40)27-17-23-3-1-2-4-25(23)41-27)19-33-28(36)22(7-5-20-9-13-30-14-10-20)8-6-21-11-15-31-16-12-21;;/h1-4,17,20-22,24,30-31,34H,5-16,18-19H2,(H,32,35)(H,33,36)(H,37,38);2*1H. The molecule has 1 aromatic carbocycles. The Hall–Kier alpha value is -2.00. The third-order valence-corrected chi connectivity index (χ3v) is 11.4. The van der Waals surface area contributed by atoms with Gasteiger partial charge in [-0.2, -0.15) is 4.72 Å². The Labute approximate surface area is 276 Å². The molecular weight excluding hydrogens is 649 g/mol. The summed E-state index contributed by atoms with van der Waals surface area (Å²) in [6, 6.07) is 7.07. The Kier molecular flexibility index (Phi) is 16.4. The van der Waals surface area contributed by atoms with Gasteiger partial charge in [0, 0.05) is 17.2 Å². The smallest absolute Gasteiger partial charge is 0.323 e. The van der Waals surface area contributed by atoms with Crippen molar-refractivity contribution in [2.24, 2.45) is 17.8 Å². The van der Waals surface area contributed by atoms with E-state index in [9.17, 15) is 27.9 Å².